The molecular formula is C12H9N3O2S. The lowest BCUT2D eigenvalue weighted by Gasteiger charge is -2.01. The van der Waals surface area contributed by atoms with Crippen molar-refractivity contribution < 1.29 is 9.90 Å². The SMILES string of the molecule is Cn1nc(C(=O)O)cc1-c1ccc2cnsc2c1. The number of nitrogens with zero attached hydrogens (tertiary/aromatic N) is 3. The lowest BCUT2D eigenvalue weighted by molar-refractivity contribution is 0.0689. The number of benzene rings is 1. The molecule has 0 unspecified atom stereocenters. The van der Waals surface area contributed by atoms with Gasteiger partial charge in [-0.15, -0.1) is 0 Å². The minimum Gasteiger partial charge on any atom is -0.476 e. The first-order chi connectivity index (χ1) is 8.65. The largest absolute Gasteiger partial charge is 0.476 e. The Morgan fingerprint density at radius 3 is 2.94 bits per heavy atom. The predicted octanol–water partition coefficient (Wildman–Crippen LogP) is 2.40. The molecule has 0 fully saturated rings. The van der Waals surface area contributed by atoms with Gasteiger partial charge in [-0.25, -0.2) is 4.79 Å². The molecule has 5 nitrogen and oxygen atoms in total. The number of hydrogen-bond acceptors (Lipinski definition) is 4. The molecule has 2 heterocycles. The van der Waals surface area contributed by atoms with Gasteiger partial charge in [0.15, 0.2) is 5.69 Å². The van der Waals surface area contributed by atoms with Crippen molar-refractivity contribution in [1.29, 1.82) is 0 Å². The van der Waals surface area contributed by atoms with Crippen molar-refractivity contribution >= 4 is 27.6 Å². The fourth-order valence-corrected chi connectivity index (χ4v) is 2.55. The second kappa shape index (κ2) is 3.92. The first-order valence-electron chi connectivity index (χ1n) is 5.27. The molecule has 0 radical (unpaired) electrons. The number of aromatic carboxylic acids is 1. The van der Waals surface area contributed by atoms with Gasteiger partial charge in [0.05, 0.1) is 10.4 Å². The van der Waals surface area contributed by atoms with Crippen LogP contribution < -0.4 is 0 Å². The molecule has 0 aliphatic rings. The Kier molecular flexibility index (Phi) is 2.38. The molecule has 0 amide bonds. The van der Waals surface area contributed by atoms with E-state index in [0.29, 0.717) is 0 Å². The van der Waals surface area contributed by atoms with E-state index in [1.165, 1.54) is 11.5 Å². The van der Waals surface area contributed by atoms with Crippen molar-refractivity contribution in [2.75, 3.05) is 0 Å². The van der Waals surface area contributed by atoms with Crippen LogP contribution in [0.3, 0.4) is 0 Å². The molecule has 0 saturated carbocycles. The third-order valence-corrected chi connectivity index (χ3v) is 3.51. The van der Waals surface area contributed by atoms with Crippen LogP contribution >= 0.6 is 11.5 Å². The summed E-state index contributed by atoms with van der Waals surface area (Å²) in [6, 6.07) is 7.49. The van der Waals surface area contributed by atoms with Crippen molar-refractivity contribution in [1.82, 2.24) is 14.2 Å². The smallest absolute Gasteiger partial charge is 0.356 e. The van der Waals surface area contributed by atoms with Crippen molar-refractivity contribution in [2.24, 2.45) is 7.05 Å². The number of aromatic nitrogens is 3. The lowest BCUT2D eigenvalue weighted by Crippen LogP contribution is -1.99. The topological polar surface area (TPSA) is 68.0 Å². The number of rotatable bonds is 2. The van der Waals surface area contributed by atoms with Gasteiger partial charge < -0.3 is 5.11 Å². The Morgan fingerprint density at radius 1 is 1.39 bits per heavy atom. The van der Waals surface area contributed by atoms with Gasteiger partial charge in [0.2, 0.25) is 0 Å². The summed E-state index contributed by atoms with van der Waals surface area (Å²) in [7, 11) is 1.73. The van der Waals surface area contributed by atoms with E-state index in [4.69, 9.17) is 5.11 Å². The van der Waals surface area contributed by atoms with E-state index in [1.54, 1.807) is 17.8 Å². The summed E-state index contributed by atoms with van der Waals surface area (Å²) in [5.74, 6) is -1.02. The lowest BCUT2D eigenvalue weighted by atomic mass is 10.1. The van der Waals surface area contributed by atoms with Gasteiger partial charge in [-0.1, -0.05) is 12.1 Å². The summed E-state index contributed by atoms with van der Waals surface area (Å²) in [5.41, 5.74) is 1.77. The number of carboxylic acids is 1. The van der Waals surface area contributed by atoms with E-state index in [9.17, 15) is 4.79 Å². The van der Waals surface area contributed by atoms with Crippen molar-refractivity contribution in [3.8, 4) is 11.3 Å². The maximum atomic E-state index is 10.9. The molecule has 3 aromatic rings. The molecule has 0 bridgehead atoms. The van der Waals surface area contributed by atoms with E-state index in [1.807, 2.05) is 24.4 Å². The van der Waals surface area contributed by atoms with Gasteiger partial charge in [-0.05, 0) is 23.7 Å². The van der Waals surface area contributed by atoms with Gasteiger partial charge in [-0.3, -0.25) is 4.68 Å². The first kappa shape index (κ1) is 10.9. The molecular weight excluding hydrogens is 250 g/mol. The second-order valence-corrected chi connectivity index (χ2v) is 4.76. The monoisotopic (exact) mass is 259 g/mol. The fourth-order valence-electron chi connectivity index (χ4n) is 1.86. The summed E-state index contributed by atoms with van der Waals surface area (Å²) in [6.45, 7) is 0. The summed E-state index contributed by atoms with van der Waals surface area (Å²) in [6.07, 6.45) is 1.82. The predicted molar refractivity (Wildman–Crippen MR) is 68.8 cm³/mol. The highest BCUT2D eigenvalue weighted by atomic mass is 32.1. The average molecular weight is 259 g/mol. The molecule has 2 aromatic heterocycles. The summed E-state index contributed by atoms with van der Waals surface area (Å²) in [5, 5.41) is 14.0. The molecule has 0 saturated heterocycles. The zero-order chi connectivity index (χ0) is 12.7. The Labute approximate surface area is 106 Å². The number of carbonyl (C=O) groups is 1. The fraction of sp³-hybridized carbons (Fsp3) is 0.0833. The van der Waals surface area contributed by atoms with Crippen LogP contribution in [0.5, 0.6) is 0 Å². The molecule has 6 heteroatoms. The van der Waals surface area contributed by atoms with Crippen molar-refractivity contribution in [2.45, 2.75) is 0 Å². The molecule has 0 spiro atoms. The highest BCUT2D eigenvalue weighted by molar-refractivity contribution is 7.13. The molecule has 90 valence electrons. The van der Waals surface area contributed by atoms with Gasteiger partial charge in [-0.2, -0.15) is 9.47 Å². The van der Waals surface area contributed by atoms with Crippen LogP contribution in [0, 0.1) is 0 Å². The Hall–Kier alpha value is -2.21. The van der Waals surface area contributed by atoms with Crippen molar-refractivity contribution in [3.05, 3.63) is 36.2 Å². The van der Waals surface area contributed by atoms with Gasteiger partial charge in [0, 0.05) is 24.2 Å². The number of hydrogen-bond donors (Lipinski definition) is 1. The third kappa shape index (κ3) is 1.67. The molecule has 1 aromatic carbocycles. The van der Waals surface area contributed by atoms with Crippen LogP contribution in [0.1, 0.15) is 10.5 Å². The summed E-state index contributed by atoms with van der Waals surface area (Å²) >= 11 is 1.42. The average Bonchev–Trinajstić information content (AvgIpc) is 2.93. The van der Waals surface area contributed by atoms with E-state index >= 15 is 0 Å². The first-order valence-corrected chi connectivity index (χ1v) is 6.04. The quantitative estimate of drug-likeness (QED) is 0.767. The van der Waals surface area contributed by atoms with E-state index in [-0.39, 0.29) is 5.69 Å². The van der Waals surface area contributed by atoms with E-state index in [0.717, 1.165) is 21.3 Å². The van der Waals surface area contributed by atoms with Crippen LogP contribution in [0.25, 0.3) is 21.3 Å². The minimum atomic E-state index is -1.02. The van der Waals surface area contributed by atoms with Crippen LogP contribution in [0.2, 0.25) is 0 Å². The van der Waals surface area contributed by atoms with Gasteiger partial charge in [0.25, 0.3) is 0 Å². The van der Waals surface area contributed by atoms with Crippen LogP contribution in [0.15, 0.2) is 30.5 Å². The molecule has 0 atom stereocenters. The third-order valence-electron chi connectivity index (χ3n) is 2.75. The van der Waals surface area contributed by atoms with Gasteiger partial charge >= 0.3 is 5.97 Å². The number of carboxylic acid groups (broad SMARTS) is 1. The summed E-state index contributed by atoms with van der Waals surface area (Å²) in [4.78, 5) is 10.9. The maximum Gasteiger partial charge on any atom is 0.356 e. The standard InChI is InChI=1S/C12H9N3O2S/c1-15-10(5-9(14-15)12(16)17)7-2-3-8-6-13-18-11(8)4-7/h2-6H,1H3,(H,16,17). The zero-order valence-corrected chi connectivity index (χ0v) is 10.3. The van der Waals surface area contributed by atoms with Crippen LogP contribution in [-0.4, -0.2) is 25.2 Å². The second-order valence-electron chi connectivity index (χ2n) is 3.92. The van der Waals surface area contributed by atoms with E-state index in [2.05, 4.69) is 9.47 Å². The summed E-state index contributed by atoms with van der Waals surface area (Å²) < 4.78 is 6.77. The molecule has 18 heavy (non-hydrogen) atoms. The Morgan fingerprint density at radius 2 is 2.22 bits per heavy atom. The molecule has 1 N–H and O–H groups in total. The molecule has 0 aliphatic carbocycles. The van der Waals surface area contributed by atoms with E-state index < -0.39 is 5.97 Å². The molecule has 3 rings (SSSR count). The minimum absolute atomic E-state index is 0.0527. The van der Waals surface area contributed by atoms with Crippen LogP contribution in [0.4, 0.5) is 0 Å². The van der Waals surface area contributed by atoms with Crippen LogP contribution in [-0.2, 0) is 7.05 Å². The Balaban J connectivity index is 2.15. The number of aryl methyl sites for hydroxylation is 1. The molecule has 0 aliphatic heterocycles. The number of fused-ring (bicyclic) bond motifs is 1. The normalized spacial score (nSPS) is 10.9. The van der Waals surface area contributed by atoms with Crippen molar-refractivity contribution in [3.63, 3.8) is 0 Å². The van der Waals surface area contributed by atoms with Gasteiger partial charge in [0.1, 0.15) is 0 Å². The highest BCUT2D eigenvalue weighted by Gasteiger charge is 2.13. The highest BCUT2D eigenvalue weighted by Crippen LogP contribution is 2.26. The maximum absolute atomic E-state index is 10.9. The Bertz CT molecular complexity index is 745. The zero-order valence-electron chi connectivity index (χ0n) is 9.49.